The first kappa shape index (κ1) is 11.5. The maximum absolute atomic E-state index is 11.3. The van der Waals surface area contributed by atoms with E-state index in [1.54, 1.807) is 7.05 Å². The Kier molecular flexibility index (Phi) is 3.89. The van der Waals surface area contributed by atoms with E-state index in [2.05, 4.69) is 10.2 Å². The molecule has 0 saturated carbocycles. The summed E-state index contributed by atoms with van der Waals surface area (Å²) in [5.74, 6) is -0.273. The number of carbonyl (C=O) groups is 1. The zero-order valence-electron chi connectivity index (χ0n) is 9.18. The highest BCUT2D eigenvalue weighted by Crippen LogP contribution is 2.12. The number of primary amides is 1. The number of nitrogens with zero attached hydrogens (tertiary/aromatic N) is 1. The van der Waals surface area contributed by atoms with Crippen molar-refractivity contribution < 1.29 is 4.79 Å². The summed E-state index contributed by atoms with van der Waals surface area (Å²) in [6, 6.07) is 0. The molecule has 82 valence electrons. The number of likely N-dealkylation sites (N-methyl/N-ethyl adjacent to an activating group) is 1. The molecule has 3 N–H and O–H groups in total. The topological polar surface area (TPSA) is 58.4 Å². The molecular weight excluding hydrogens is 178 g/mol. The molecule has 1 aliphatic rings. The van der Waals surface area contributed by atoms with E-state index >= 15 is 0 Å². The predicted octanol–water partition coefficient (Wildman–Crippen LogP) is -0.0643. The second-order valence-electron chi connectivity index (χ2n) is 4.28. The number of carbonyl (C=O) groups excluding carboxylic acids is 1. The fourth-order valence-corrected chi connectivity index (χ4v) is 1.84. The van der Waals surface area contributed by atoms with Crippen LogP contribution in [0.4, 0.5) is 0 Å². The Hall–Kier alpha value is -0.610. The van der Waals surface area contributed by atoms with Crippen LogP contribution in [0.1, 0.15) is 26.2 Å². The lowest BCUT2D eigenvalue weighted by Crippen LogP contribution is -2.58. The molecule has 0 spiro atoms. The third kappa shape index (κ3) is 2.69. The standard InChI is InChI=1S/C10H21N3O/c1-10(12-2,9(11)14)8-13-6-4-3-5-7-13/h12H,3-8H2,1-2H3,(H2,11,14). The van der Waals surface area contributed by atoms with Crippen molar-refractivity contribution in [2.45, 2.75) is 31.7 Å². The molecule has 0 aromatic heterocycles. The predicted molar refractivity (Wildman–Crippen MR) is 57.0 cm³/mol. The van der Waals surface area contributed by atoms with Crippen LogP contribution in [0.3, 0.4) is 0 Å². The van der Waals surface area contributed by atoms with Crippen molar-refractivity contribution in [3.8, 4) is 0 Å². The highest BCUT2D eigenvalue weighted by Gasteiger charge is 2.31. The lowest BCUT2D eigenvalue weighted by atomic mass is 9.99. The molecule has 1 heterocycles. The number of piperidine rings is 1. The van der Waals surface area contributed by atoms with E-state index in [-0.39, 0.29) is 5.91 Å². The van der Waals surface area contributed by atoms with Crippen LogP contribution in [0.2, 0.25) is 0 Å². The normalized spacial score (nSPS) is 23.0. The third-order valence-corrected chi connectivity index (χ3v) is 3.08. The summed E-state index contributed by atoms with van der Waals surface area (Å²) in [5, 5.41) is 3.01. The molecule has 0 aliphatic carbocycles. The Labute approximate surface area is 85.8 Å². The Bertz CT molecular complexity index is 202. The molecular formula is C10H21N3O. The van der Waals surface area contributed by atoms with Crippen molar-refractivity contribution in [2.24, 2.45) is 5.73 Å². The number of hydrogen-bond donors (Lipinski definition) is 2. The van der Waals surface area contributed by atoms with Crippen molar-refractivity contribution in [2.75, 3.05) is 26.7 Å². The van der Waals surface area contributed by atoms with Crippen LogP contribution in [-0.4, -0.2) is 43.0 Å². The summed E-state index contributed by atoms with van der Waals surface area (Å²) >= 11 is 0. The molecule has 1 saturated heterocycles. The van der Waals surface area contributed by atoms with Gasteiger partial charge >= 0.3 is 0 Å². The molecule has 1 aliphatic heterocycles. The first-order chi connectivity index (χ1) is 6.58. The first-order valence-corrected chi connectivity index (χ1v) is 5.30. The van der Waals surface area contributed by atoms with Gasteiger partial charge in [-0.3, -0.25) is 4.79 Å². The Morgan fingerprint density at radius 2 is 2.00 bits per heavy atom. The van der Waals surface area contributed by atoms with Crippen molar-refractivity contribution >= 4 is 5.91 Å². The Morgan fingerprint density at radius 3 is 2.43 bits per heavy atom. The zero-order chi connectivity index (χ0) is 10.6. The summed E-state index contributed by atoms with van der Waals surface area (Å²) in [6.45, 7) is 4.76. The lowest BCUT2D eigenvalue weighted by Gasteiger charge is -2.34. The molecule has 14 heavy (non-hydrogen) atoms. The second-order valence-corrected chi connectivity index (χ2v) is 4.28. The van der Waals surface area contributed by atoms with Crippen molar-refractivity contribution in [1.82, 2.24) is 10.2 Å². The van der Waals surface area contributed by atoms with E-state index in [0.717, 1.165) is 19.6 Å². The van der Waals surface area contributed by atoms with Crippen molar-refractivity contribution in [3.63, 3.8) is 0 Å². The Morgan fingerprint density at radius 1 is 1.43 bits per heavy atom. The van der Waals surface area contributed by atoms with Crippen LogP contribution in [0.25, 0.3) is 0 Å². The lowest BCUT2D eigenvalue weighted by molar-refractivity contribution is -0.124. The Balaban J connectivity index is 2.50. The fourth-order valence-electron chi connectivity index (χ4n) is 1.84. The summed E-state index contributed by atoms with van der Waals surface area (Å²) < 4.78 is 0. The van der Waals surface area contributed by atoms with Gasteiger partial charge in [-0.2, -0.15) is 0 Å². The monoisotopic (exact) mass is 199 g/mol. The molecule has 0 bridgehead atoms. The third-order valence-electron chi connectivity index (χ3n) is 3.08. The van der Waals surface area contributed by atoms with Crippen molar-refractivity contribution in [1.29, 1.82) is 0 Å². The van der Waals surface area contributed by atoms with Crippen LogP contribution in [0.5, 0.6) is 0 Å². The molecule has 1 unspecified atom stereocenters. The molecule has 0 radical (unpaired) electrons. The highest BCUT2D eigenvalue weighted by atomic mass is 16.1. The van der Waals surface area contributed by atoms with Crippen LogP contribution in [-0.2, 0) is 4.79 Å². The van der Waals surface area contributed by atoms with Gasteiger partial charge in [0.1, 0.15) is 5.54 Å². The van der Waals surface area contributed by atoms with Gasteiger partial charge in [-0.05, 0) is 39.9 Å². The fraction of sp³-hybridized carbons (Fsp3) is 0.900. The van der Waals surface area contributed by atoms with Crippen LogP contribution >= 0.6 is 0 Å². The smallest absolute Gasteiger partial charge is 0.238 e. The number of nitrogens with one attached hydrogen (secondary N) is 1. The first-order valence-electron chi connectivity index (χ1n) is 5.30. The summed E-state index contributed by atoms with van der Waals surface area (Å²) in [6.07, 6.45) is 3.78. The molecule has 1 atom stereocenters. The van der Waals surface area contributed by atoms with Gasteiger partial charge in [-0.15, -0.1) is 0 Å². The van der Waals surface area contributed by atoms with Crippen LogP contribution in [0.15, 0.2) is 0 Å². The van der Waals surface area contributed by atoms with E-state index in [0.29, 0.717) is 0 Å². The van der Waals surface area contributed by atoms with Crippen LogP contribution in [0, 0.1) is 0 Å². The van der Waals surface area contributed by atoms with E-state index in [1.165, 1.54) is 19.3 Å². The molecule has 1 fully saturated rings. The van der Waals surface area contributed by atoms with E-state index in [1.807, 2.05) is 6.92 Å². The average molecular weight is 199 g/mol. The van der Waals surface area contributed by atoms with Gasteiger partial charge in [-0.1, -0.05) is 6.42 Å². The van der Waals surface area contributed by atoms with E-state index in [9.17, 15) is 4.79 Å². The van der Waals surface area contributed by atoms with Crippen LogP contribution < -0.4 is 11.1 Å². The van der Waals surface area contributed by atoms with Gasteiger partial charge in [0.05, 0.1) is 0 Å². The minimum absolute atomic E-state index is 0.273. The molecule has 4 heteroatoms. The molecule has 1 rings (SSSR count). The highest BCUT2D eigenvalue weighted by molar-refractivity contribution is 5.84. The maximum atomic E-state index is 11.3. The summed E-state index contributed by atoms with van der Waals surface area (Å²) in [4.78, 5) is 13.6. The van der Waals surface area contributed by atoms with Crippen molar-refractivity contribution in [3.05, 3.63) is 0 Å². The summed E-state index contributed by atoms with van der Waals surface area (Å²) in [7, 11) is 1.79. The zero-order valence-corrected chi connectivity index (χ0v) is 9.18. The van der Waals surface area contributed by atoms with Gasteiger partial charge in [0, 0.05) is 6.54 Å². The molecule has 4 nitrogen and oxygen atoms in total. The number of rotatable bonds is 4. The number of amides is 1. The minimum atomic E-state index is -0.586. The van der Waals surface area contributed by atoms with Gasteiger partial charge in [0.15, 0.2) is 0 Å². The quantitative estimate of drug-likeness (QED) is 0.666. The number of likely N-dealkylation sites (tertiary alicyclic amines) is 1. The summed E-state index contributed by atoms with van der Waals surface area (Å²) in [5.41, 5.74) is 4.78. The van der Waals surface area contributed by atoms with Gasteiger partial charge in [0.2, 0.25) is 5.91 Å². The number of hydrogen-bond acceptors (Lipinski definition) is 3. The van der Waals surface area contributed by atoms with Gasteiger partial charge < -0.3 is 16.0 Å². The average Bonchev–Trinajstić information content (AvgIpc) is 2.19. The number of nitrogens with two attached hydrogens (primary N) is 1. The SMILES string of the molecule is CNC(C)(CN1CCCCC1)C(N)=O. The maximum Gasteiger partial charge on any atom is 0.238 e. The van der Waals surface area contributed by atoms with E-state index in [4.69, 9.17) is 5.73 Å². The van der Waals surface area contributed by atoms with E-state index < -0.39 is 5.54 Å². The largest absolute Gasteiger partial charge is 0.368 e. The molecule has 1 amide bonds. The minimum Gasteiger partial charge on any atom is -0.368 e. The second kappa shape index (κ2) is 4.75. The van der Waals surface area contributed by atoms with Gasteiger partial charge in [0.25, 0.3) is 0 Å². The molecule has 0 aromatic rings. The van der Waals surface area contributed by atoms with Gasteiger partial charge in [-0.25, -0.2) is 0 Å². The molecule has 0 aromatic carbocycles.